The molecule has 0 saturated carbocycles. The summed E-state index contributed by atoms with van der Waals surface area (Å²) in [6.07, 6.45) is 0.313. The van der Waals surface area contributed by atoms with E-state index in [0.717, 1.165) is 34.6 Å². The maximum atomic E-state index is 13.2. The molecule has 0 N–H and O–H groups in total. The molecule has 1 aliphatic heterocycles. The Balaban J connectivity index is 1.52. The fraction of sp³-hybridized carbons (Fsp3) is 0.217. The van der Waals surface area contributed by atoms with Gasteiger partial charge in [-0.1, -0.05) is 30.3 Å². The molecule has 166 valence electrons. The molecule has 2 aromatic carbocycles. The minimum Gasteiger partial charge on any atom is -0.457 e. The van der Waals surface area contributed by atoms with E-state index >= 15 is 0 Å². The predicted molar refractivity (Wildman–Crippen MR) is 117 cm³/mol. The Morgan fingerprint density at radius 3 is 2.53 bits per heavy atom. The molecule has 0 spiro atoms. The van der Waals surface area contributed by atoms with Crippen LogP contribution in [0.1, 0.15) is 33.9 Å². The van der Waals surface area contributed by atoms with Crippen molar-refractivity contribution in [3.63, 3.8) is 0 Å². The normalized spacial score (nSPS) is 16.3. The zero-order valence-corrected chi connectivity index (χ0v) is 18.6. The molecule has 0 aliphatic carbocycles. The van der Waals surface area contributed by atoms with Crippen LogP contribution in [0.25, 0.3) is 0 Å². The van der Waals surface area contributed by atoms with Crippen molar-refractivity contribution in [1.29, 1.82) is 0 Å². The van der Waals surface area contributed by atoms with Gasteiger partial charge in [0.2, 0.25) is 0 Å². The maximum absolute atomic E-state index is 13.2. The van der Waals surface area contributed by atoms with Crippen LogP contribution in [-0.4, -0.2) is 37.6 Å². The molecule has 1 aromatic heterocycles. The lowest BCUT2D eigenvalue weighted by molar-refractivity contribution is -0.143. The molecule has 2 heterocycles. The average Bonchev–Trinajstić information content (AvgIpc) is 3.34. The lowest BCUT2D eigenvalue weighted by Crippen LogP contribution is -2.41. The monoisotopic (exact) mass is 473 g/mol. The second-order valence-corrected chi connectivity index (χ2v) is 10.4. The molecule has 0 bridgehead atoms. The molecule has 1 unspecified atom stereocenters. The van der Waals surface area contributed by atoms with Gasteiger partial charge in [-0.25, -0.2) is 12.8 Å². The van der Waals surface area contributed by atoms with Crippen molar-refractivity contribution in [2.75, 3.05) is 13.2 Å². The third-order valence-corrected chi connectivity index (χ3v) is 8.59. The summed E-state index contributed by atoms with van der Waals surface area (Å²) in [5, 5.41) is 1.69. The number of carbonyl (C=O) groups is 2. The fourth-order valence-electron chi connectivity index (χ4n) is 3.74. The van der Waals surface area contributed by atoms with Crippen molar-refractivity contribution in [3.05, 3.63) is 88.6 Å². The maximum Gasteiger partial charge on any atom is 0.308 e. The molecule has 0 amide bonds. The number of halogens is 1. The van der Waals surface area contributed by atoms with E-state index in [-0.39, 0.29) is 22.7 Å². The first-order valence-corrected chi connectivity index (χ1v) is 12.3. The van der Waals surface area contributed by atoms with Gasteiger partial charge in [0.05, 0.1) is 12.5 Å². The highest BCUT2D eigenvalue weighted by Gasteiger charge is 2.38. The first-order valence-electron chi connectivity index (χ1n) is 9.94. The van der Waals surface area contributed by atoms with Crippen LogP contribution in [0.2, 0.25) is 0 Å². The van der Waals surface area contributed by atoms with Crippen LogP contribution in [0.15, 0.2) is 70.3 Å². The van der Waals surface area contributed by atoms with Crippen LogP contribution in [0.5, 0.6) is 0 Å². The highest BCUT2D eigenvalue weighted by atomic mass is 32.2. The van der Waals surface area contributed by atoms with E-state index in [9.17, 15) is 22.4 Å². The number of ketones is 1. The minimum absolute atomic E-state index is 0.210. The lowest BCUT2D eigenvalue weighted by Gasteiger charge is -2.35. The highest BCUT2D eigenvalue weighted by molar-refractivity contribution is 7.91. The van der Waals surface area contributed by atoms with Crippen LogP contribution in [0, 0.1) is 5.82 Å². The smallest absolute Gasteiger partial charge is 0.308 e. The van der Waals surface area contributed by atoms with Crippen LogP contribution in [0.4, 0.5) is 4.39 Å². The van der Waals surface area contributed by atoms with Gasteiger partial charge in [-0.05, 0) is 53.3 Å². The van der Waals surface area contributed by atoms with Gasteiger partial charge in [0.1, 0.15) is 10.0 Å². The van der Waals surface area contributed by atoms with Crippen molar-refractivity contribution in [3.8, 4) is 0 Å². The van der Waals surface area contributed by atoms with Gasteiger partial charge < -0.3 is 4.74 Å². The summed E-state index contributed by atoms with van der Waals surface area (Å²) in [6, 6.07) is 14.8. The lowest BCUT2D eigenvalue weighted by atomic mass is 9.92. The van der Waals surface area contributed by atoms with Gasteiger partial charge >= 0.3 is 5.97 Å². The summed E-state index contributed by atoms with van der Waals surface area (Å²) >= 11 is 1.12. The summed E-state index contributed by atoms with van der Waals surface area (Å²) in [5.74, 6) is -1.62. The second-order valence-electron chi connectivity index (χ2n) is 7.31. The van der Waals surface area contributed by atoms with Crippen molar-refractivity contribution in [1.82, 2.24) is 4.31 Å². The van der Waals surface area contributed by atoms with Crippen LogP contribution in [0.3, 0.4) is 0 Å². The number of ether oxygens (including phenoxy) is 1. The van der Waals surface area contributed by atoms with Crippen molar-refractivity contribution in [2.24, 2.45) is 0 Å². The summed E-state index contributed by atoms with van der Waals surface area (Å²) in [6.45, 7) is -0.264. The Morgan fingerprint density at radius 2 is 1.81 bits per heavy atom. The van der Waals surface area contributed by atoms with E-state index in [1.807, 2.05) is 18.2 Å². The van der Waals surface area contributed by atoms with Crippen LogP contribution >= 0.6 is 11.3 Å². The summed E-state index contributed by atoms with van der Waals surface area (Å²) < 4.78 is 46.2. The fourth-order valence-corrected chi connectivity index (χ4v) is 6.46. The molecule has 1 atom stereocenters. The SMILES string of the molecule is O=C(CC1c2ccccc2CCN1S(=O)(=O)c1cccs1)OCC(=O)c1ccc(F)cc1. The molecule has 0 saturated heterocycles. The summed E-state index contributed by atoms with van der Waals surface area (Å²) in [7, 11) is -3.79. The quantitative estimate of drug-likeness (QED) is 0.383. The number of hydrogen-bond donors (Lipinski definition) is 0. The standard InChI is InChI=1S/C23H20FNO5S2/c24-18-9-7-17(8-10-18)21(26)15-30-22(27)14-20-19-5-2-1-4-16(19)11-12-25(20)32(28,29)23-6-3-13-31-23/h1-10,13,20H,11-12,14-15H2. The Kier molecular flexibility index (Phi) is 6.50. The Labute approximate surface area is 189 Å². The molecular weight excluding hydrogens is 453 g/mol. The number of sulfonamides is 1. The Hall–Kier alpha value is -2.88. The Morgan fingerprint density at radius 1 is 1.06 bits per heavy atom. The third-order valence-electron chi connectivity index (χ3n) is 5.31. The molecule has 0 fully saturated rings. The highest BCUT2D eigenvalue weighted by Crippen LogP contribution is 2.37. The third kappa shape index (κ3) is 4.64. The van der Waals surface area contributed by atoms with Crippen molar-refractivity contribution < 1.29 is 27.1 Å². The van der Waals surface area contributed by atoms with Crippen molar-refractivity contribution >= 4 is 33.1 Å². The zero-order chi connectivity index (χ0) is 22.7. The van der Waals surface area contributed by atoms with Gasteiger partial charge in [-0.3, -0.25) is 9.59 Å². The molecule has 3 aromatic rings. The number of Topliss-reactive ketones (excluding diaryl/α,β-unsaturated/α-hetero) is 1. The van der Waals surface area contributed by atoms with E-state index in [0.29, 0.717) is 6.42 Å². The molecule has 6 nitrogen and oxygen atoms in total. The van der Waals surface area contributed by atoms with Crippen molar-refractivity contribution in [2.45, 2.75) is 23.1 Å². The van der Waals surface area contributed by atoms with E-state index in [2.05, 4.69) is 0 Å². The van der Waals surface area contributed by atoms with Gasteiger partial charge in [0.25, 0.3) is 10.0 Å². The molecule has 0 radical (unpaired) electrons. The van der Waals surface area contributed by atoms with Gasteiger partial charge in [0.15, 0.2) is 12.4 Å². The number of carbonyl (C=O) groups excluding carboxylic acids is 2. The number of esters is 1. The molecule has 4 rings (SSSR count). The topological polar surface area (TPSA) is 80.8 Å². The van der Waals surface area contributed by atoms with Crippen LogP contribution in [-0.2, 0) is 26.0 Å². The number of rotatable bonds is 7. The molecule has 1 aliphatic rings. The average molecular weight is 474 g/mol. The first kappa shape index (κ1) is 22.3. The number of thiophene rings is 1. The molecule has 9 heteroatoms. The largest absolute Gasteiger partial charge is 0.457 e. The predicted octanol–water partition coefficient (Wildman–Crippen LogP) is 3.99. The minimum atomic E-state index is -3.79. The first-order chi connectivity index (χ1) is 15.4. The summed E-state index contributed by atoms with van der Waals surface area (Å²) in [4.78, 5) is 24.8. The number of nitrogens with zero attached hydrogens (tertiary/aromatic N) is 1. The van der Waals surface area contributed by atoms with E-state index in [1.54, 1.807) is 17.5 Å². The van der Waals surface area contributed by atoms with Gasteiger partial charge in [-0.2, -0.15) is 4.31 Å². The van der Waals surface area contributed by atoms with Gasteiger partial charge in [0, 0.05) is 12.1 Å². The Bertz CT molecular complexity index is 1220. The second kappa shape index (κ2) is 9.32. The number of benzene rings is 2. The number of hydrogen-bond acceptors (Lipinski definition) is 6. The van der Waals surface area contributed by atoms with E-state index in [1.165, 1.54) is 22.5 Å². The zero-order valence-electron chi connectivity index (χ0n) is 16.9. The van der Waals surface area contributed by atoms with Crippen LogP contribution < -0.4 is 0 Å². The van der Waals surface area contributed by atoms with Gasteiger partial charge in [-0.15, -0.1) is 11.3 Å². The summed E-state index contributed by atoms with van der Waals surface area (Å²) in [5.41, 5.74) is 1.95. The van der Waals surface area contributed by atoms with E-state index in [4.69, 9.17) is 4.74 Å². The number of fused-ring (bicyclic) bond motifs is 1. The molecule has 32 heavy (non-hydrogen) atoms. The van der Waals surface area contributed by atoms with E-state index < -0.39 is 40.2 Å². The molecular formula is C23H20FNO5S2.